The molecule has 118 valence electrons. The van der Waals surface area contributed by atoms with Crippen molar-refractivity contribution in [1.82, 2.24) is 19.7 Å². The first-order chi connectivity index (χ1) is 11.7. The number of hydrogen-bond donors (Lipinski definition) is 0. The van der Waals surface area contributed by atoms with E-state index in [1.807, 2.05) is 18.2 Å². The van der Waals surface area contributed by atoms with E-state index < -0.39 is 0 Å². The summed E-state index contributed by atoms with van der Waals surface area (Å²) in [5, 5.41) is 5.08. The fraction of sp³-hybridized carbons (Fsp3) is 0.0588. The van der Waals surface area contributed by atoms with Crippen LogP contribution in [0.1, 0.15) is 5.89 Å². The molecule has 0 spiro atoms. The van der Waals surface area contributed by atoms with Crippen molar-refractivity contribution >= 4 is 22.5 Å². The van der Waals surface area contributed by atoms with Crippen molar-refractivity contribution in [2.45, 2.75) is 6.54 Å². The molecule has 0 fully saturated rings. The van der Waals surface area contributed by atoms with Crippen LogP contribution in [0.3, 0.4) is 0 Å². The molecule has 0 aliphatic heterocycles. The number of rotatable bonds is 3. The molecule has 2 aromatic carbocycles. The van der Waals surface area contributed by atoms with E-state index in [4.69, 9.17) is 16.1 Å². The second-order valence-electron chi connectivity index (χ2n) is 5.22. The molecular weight excluding hydrogens is 328 g/mol. The van der Waals surface area contributed by atoms with E-state index in [0.717, 1.165) is 5.56 Å². The van der Waals surface area contributed by atoms with Crippen LogP contribution >= 0.6 is 11.6 Å². The van der Waals surface area contributed by atoms with Gasteiger partial charge in [0.05, 0.1) is 17.2 Å². The Kier molecular flexibility index (Phi) is 3.59. The van der Waals surface area contributed by atoms with Crippen molar-refractivity contribution < 1.29 is 4.52 Å². The number of hydrogen-bond acceptors (Lipinski definition) is 5. The van der Waals surface area contributed by atoms with Gasteiger partial charge in [-0.25, -0.2) is 4.98 Å². The van der Waals surface area contributed by atoms with Gasteiger partial charge in [0.25, 0.3) is 5.56 Å². The molecule has 4 aromatic rings. The van der Waals surface area contributed by atoms with Crippen molar-refractivity contribution in [2.24, 2.45) is 0 Å². The molecule has 24 heavy (non-hydrogen) atoms. The average Bonchev–Trinajstić information content (AvgIpc) is 3.06. The molecule has 6 nitrogen and oxygen atoms in total. The highest BCUT2D eigenvalue weighted by Gasteiger charge is 2.11. The van der Waals surface area contributed by atoms with Crippen LogP contribution in [0.2, 0.25) is 5.02 Å². The Morgan fingerprint density at radius 2 is 2.00 bits per heavy atom. The van der Waals surface area contributed by atoms with Crippen LogP contribution in [0.25, 0.3) is 22.3 Å². The van der Waals surface area contributed by atoms with Gasteiger partial charge in [0.15, 0.2) is 0 Å². The molecule has 0 bridgehead atoms. The van der Waals surface area contributed by atoms with Crippen LogP contribution in [-0.4, -0.2) is 19.7 Å². The first-order valence-corrected chi connectivity index (χ1v) is 7.61. The summed E-state index contributed by atoms with van der Waals surface area (Å²) < 4.78 is 6.68. The maximum absolute atomic E-state index is 12.5. The van der Waals surface area contributed by atoms with Crippen LogP contribution in [0.4, 0.5) is 0 Å². The lowest BCUT2D eigenvalue weighted by Crippen LogP contribution is -2.21. The Morgan fingerprint density at radius 3 is 2.88 bits per heavy atom. The molecule has 0 amide bonds. The maximum Gasteiger partial charge on any atom is 0.261 e. The van der Waals surface area contributed by atoms with Gasteiger partial charge in [0, 0.05) is 10.6 Å². The lowest BCUT2D eigenvalue weighted by Gasteiger charge is -2.03. The standard InChI is InChI=1S/C17H11ClN4O2/c18-12-5-3-4-11(8-12)16-20-15(24-21-16)9-22-10-19-14-7-2-1-6-13(14)17(22)23/h1-8,10H,9H2. The Labute approximate surface area is 141 Å². The summed E-state index contributed by atoms with van der Waals surface area (Å²) in [6.45, 7) is 0.157. The quantitative estimate of drug-likeness (QED) is 0.573. The number of fused-ring (bicyclic) bond motifs is 1. The van der Waals surface area contributed by atoms with Gasteiger partial charge in [-0.05, 0) is 24.3 Å². The van der Waals surface area contributed by atoms with Gasteiger partial charge < -0.3 is 4.52 Å². The highest BCUT2D eigenvalue weighted by atomic mass is 35.5. The zero-order chi connectivity index (χ0) is 16.5. The molecule has 0 N–H and O–H groups in total. The molecule has 4 rings (SSSR count). The largest absolute Gasteiger partial charge is 0.337 e. The van der Waals surface area contributed by atoms with E-state index >= 15 is 0 Å². The van der Waals surface area contributed by atoms with Gasteiger partial charge in [0.1, 0.15) is 6.54 Å². The summed E-state index contributed by atoms with van der Waals surface area (Å²) >= 11 is 5.97. The smallest absolute Gasteiger partial charge is 0.261 e. The minimum absolute atomic E-state index is 0.150. The molecule has 0 unspecified atom stereocenters. The van der Waals surface area contributed by atoms with E-state index in [-0.39, 0.29) is 12.1 Å². The molecule has 0 atom stereocenters. The van der Waals surface area contributed by atoms with Crippen LogP contribution in [-0.2, 0) is 6.54 Å². The molecule has 7 heteroatoms. The van der Waals surface area contributed by atoms with E-state index in [2.05, 4.69) is 15.1 Å². The van der Waals surface area contributed by atoms with Crippen LogP contribution in [0.15, 0.2) is 64.2 Å². The Balaban J connectivity index is 1.67. The van der Waals surface area contributed by atoms with E-state index in [1.54, 1.807) is 30.3 Å². The minimum Gasteiger partial charge on any atom is -0.337 e. The summed E-state index contributed by atoms with van der Waals surface area (Å²) in [6.07, 6.45) is 1.48. The lowest BCUT2D eigenvalue weighted by atomic mass is 10.2. The Hall–Kier alpha value is -2.99. The maximum atomic E-state index is 12.5. The van der Waals surface area contributed by atoms with Gasteiger partial charge >= 0.3 is 0 Å². The molecule has 2 heterocycles. The molecule has 0 saturated heterocycles. The van der Waals surface area contributed by atoms with Crippen molar-refractivity contribution in [3.05, 3.63) is 76.1 Å². The normalized spacial score (nSPS) is 11.0. The molecule has 0 radical (unpaired) electrons. The summed E-state index contributed by atoms with van der Waals surface area (Å²) in [5.41, 5.74) is 1.26. The van der Waals surface area contributed by atoms with Crippen molar-refractivity contribution in [1.29, 1.82) is 0 Å². The molecule has 0 aliphatic rings. The van der Waals surface area contributed by atoms with Gasteiger partial charge in [0.2, 0.25) is 11.7 Å². The van der Waals surface area contributed by atoms with Gasteiger partial charge in [-0.2, -0.15) is 4.98 Å². The van der Waals surface area contributed by atoms with Crippen molar-refractivity contribution in [2.75, 3.05) is 0 Å². The zero-order valence-electron chi connectivity index (χ0n) is 12.4. The van der Waals surface area contributed by atoms with Gasteiger partial charge in [-0.15, -0.1) is 0 Å². The van der Waals surface area contributed by atoms with Crippen LogP contribution in [0, 0.1) is 0 Å². The highest BCUT2D eigenvalue weighted by Crippen LogP contribution is 2.20. The summed E-state index contributed by atoms with van der Waals surface area (Å²) in [4.78, 5) is 21.1. The third-order valence-electron chi connectivity index (χ3n) is 3.59. The topological polar surface area (TPSA) is 73.8 Å². The Bertz CT molecular complexity index is 1090. The zero-order valence-corrected chi connectivity index (χ0v) is 13.1. The second-order valence-corrected chi connectivity index (χ2v) is 5.65. The predicted molar refractivity (Wildman–Crippen MR) is 89.8 cm³/mol. The van der Waals surface area contributed by atoms with E-state index in [0.29, 0.717) is 27.6 Å². The highest BCUT2D eigenvalue weighted by molar-refractivity contribution is 6.30. The number of aromatic nitrogens is 4. The monoisotopic (exact) mass is 338 g/mol. The number of nitrogens with zero attached hydrogens (tertiary/aromatic N) is 4. The number of benzene rings is 2. The summed E-state index contributed by atoms with van der Waals surface area (Å²) in [6, 6.07) is 14.4. The lowest BCUT2D eigenvalue weighted by molar-refractivity contribution is 0.369. The van der Waals surface area contributed by atoms with Crippen molar-refractivity contribution in [3.63, 3.8) is 0 Å². The third kappa shape index (κ3) is 2.68. The van der Waals surface area contributed by atoms with Crippen LogP contribution in [0.5, 0.6) is 0 Å². The van der Waals surface area contributed by atoms with Gasteiger partial charge in [-0.3, -0.25) is 9.36 Å². The summed E-state index contributed by atoms with van der Waals surface area (Å²) in [5.74, 6) is 0.749. The average molecular weight is 339 g/mol. The van der Waals surface area contributed by atoms with E-state index in [9.17, 15) is 4.79 Å². The predicted octanol–water partition coefficient (Wildman–Crippen LogP) is 3.15. The first-order valence-electron chi connectivity index (χ1n) is 7.23. The molecule has 2 aromatic heterocycles. The van der Waals surface area contributed by atoms with Crippen molar-refractivity contribution in [3.8, 4) is 11.4 Å². The fourth-order valence-corrected chi connectivity index (χ4v) is 2.62. The molecule has 0 aliphatic carbocycles. The molecular formula is C17H11ClN4O2. The number of halogens is 1. The fourth-order valence-electron chi connectivity index (χ4n) is 2.43. The van der Waals surface area contributed by atoms with E-state index in [1.165, 1.54) is 10.9 Å². The first kappa shape index (κ1) is 14.6. The Morgan fingerprint density at radius 1 is 1.12 bits per heavy atom. The summed E-state index contributed by atoms with van der Waals surface area (Å²) in [7, 11) is 0. The van der Waals surface area contributed by atoms with Crippen LogP contribution < -0.4 is 5.56 Å². The molecule has 0 saturated carbocycles. The second kappa shape index (κ2) is 5.90. The SMILES string of the molecule is O=c1c2ccccc2ncn1Cc1nc(-c2cccc(Cl)c2)no1. The van der Waals surface area contributed by atoms with Gasteiger partial charge in [-0.1, -0.05) is 41.0 Å². The number of para-hydroxylation sites is 1. The minimum atomic E-state index is -0.150. The third-order valence-corrected chi connectivity index (χ3v) is 3.82.